The Kier molecular flexibility index (Phi) is 9.57. The van der Waals surface area contributed by atoms with Gasteiger partial charge in [-0.15, -0.1) is 0 Å². The topological polar surface area (TPSA) is 6.48 Å². The van der Waals surface area contributed by atoms with E-state index in [1.807, 2.05) is 12.0 Å². The molecule has 0 bridgehead atoms. The largest absolute Gasteiger partial charge is 0.356 e. The molecule has 0 aromatic carbocycles. The highest BCUT2D eigenvalue weighted by Gasteiger charge is 2.27. The molecular formula is C14H30B2Cl2N2. The van der Waals surface area contributed by atoms with Crippen LogP contribution in [0, 0.1) is 0 Å². The van der Waals surface area contributed by atoms with Gasteiger partial charge in [0.2, 0.25) is 0 Å². The van der Waals surface area contributed by atoms with E-state index >= 15 is 0 Å². The van der Waals surface area contributed by atoms with Gasteiger partial charge in [-0.25, -0.2) is 0 Å². The minimum Gasteiger partial charge on any atom is -0.320 e. The Hall–Kier alpha value is 0.370. The summed E-state index contributed by atoms with van der Waals surface area (Å²) in [4.78, 5) is 4.52. The van der Waals surface area contributed by atoms with Crippen molar-refractivity contribution in [1.82, 2.24) is 9.62 Å². The lowest BCUT2D eigenvalue weighted by molar-refractivity contribution is 0.310. The highest BCUT2D eigenvalue weighted by Crippen LogP contribution is 2.15. The second-order valence-corrected chi connectivity index (χ2v) is 7.29. The van der Waals surface area contributed by atoms with Crippen molar-refractivity contribution in [1.29, 1.82) is 0 Å². The summed E-state index contributed by atoms with van der Waals surface area (Å²) in [5.41, 5.74) is 0. The fourth-order valence-corrected chi connectivity index (χ4v) is 3.78. The number of rotatable bonds is 8. The molecular weight excluding hydrogens is 289 g/mol. The van der Waals surface area contributed by atoms with Crippen molar-refractivity contribution in [2.45, 2.75) is 79.6 Å². The smallest absolute Gasteiger partial charge is 0.320 e. The quantitative estimate of drug-likeness (QED) is 0.615. The van der Waals surface area contributed by atoms with Crippen molar-refractivity contribution in [3.63, 3.8) is 0 Å². The molecule has 0 heterocycles. The maximum atomic E-state index is 6.51. The zero-order chi connectivity index (χ0) is 16.0. The molecule has 0 spiro atoms. The lowest BCUT2D eigenvalue weighted by Gasteiger charge is -2.33. The minimum absolute atomic E-state index is 0.127. The van der Waals surface area contributed by atoms with Gasteiger partial charge < -0.3 is 9.62 Å². The Bertz CT molecular complexity index is 253. The lowest BCUT2D eigenvalue weighted by Crippen LogP contribution is -2.46. The van der Waals surface area contributed by atoms with Gasteiger partial charge in [0.25, 0.3) is 0 Å². The van der Waals surface area contributed by atoms with Gasteiger partial charge in [-0.1, -0.05) is 67.3 Å². The van der Waals surface area contributed by atoms with Gasteiger partial charge in [0.05, 0.1) is 0 Å². The van der Waals surface area contributed by atoms with Crippen LogP contribution in [0.2, 0.25) is 0 Å². The van der Waals surface area contributed by atoms with E-state index in [0.29, 0.717) is 24.2 Å². The fourth-order valence-electron chi connectivity index (χ4n) is 2.71. The van der Waals surface area contributed by atoms with Crippen LogP contribution < -0.4 is 0 Å². The summed E-state index contributed by atoms with van der Waals surface area (Å²) in [5, 5.41) is 0. The van der Waals surface area contributed by atoms with E-state index in [-0.39, 0.29) is 12.5 Å². The molecule has 2 nitrogen and oxygen atoms in total. The molecule has 0 amide bonds. The Labute approximate surface area is 136 Å². The molecule has 0 unspecified atom stereocenters. The highest BCUT2D eigenvalue weighted by molar-refractivity contribution is 7.11. The van der Waals surface area contributed by atoms with Crippen molar-refractivity contribution in [2.75, 3.05) is 0 Å². The SMILES string of the molecule is CC(C)N(B(Cl)/C=C\B(Cl)N(C(C)C)C(C)C)C(C)C. The van der Waals surface area contributed by atoms with Crippen LogP contribution in [0.25, 0.3) is 0 Å². The number of hydrogen-bond acceptors (Lipinski definition) is 2. The number of hydrogen-bond donors (Lipinski definition) is 0. The molecule has 0 saturated carbocycles. The number of halogens is 2. The van der Waals surface area contributed by atoms with E-state index in [1.165, 1.54) is 0 Å². The molecule has 0 atom stereocenters. The van der Waals surface area contributed by atoms with Crippen molar-refractivity contribution >= 4 is 35.4 Å². The van der Waals surface area contributed by atoms with Crippen molar-refractivity contribution in [3.05, 3.63) is 12.0 Å². The summed E-state index contributed by atoms with van der Waals surface area (Å²) < 4.78 is 0. The summed E-state index contributed by atoms with van der Waals surface area (Å²) in [6.07, 6.45) is -0.255. The summed E-state index contributed by atoms with van der Waals surface area (Å²) in [6, 6.07) is 1.62. The molecule has 0 rings (SSSR count). The Morgan fingerprint density at radius 1 is 0.600 bits per heavy atom. The van der Waals surface area contributed by atoms with Crippen LogP contribution in [0.3, 0.4) is 0 Å². The molecule has 116 valence electrons. The van der Waals surface area contributed by atoms with Crippen LogP contribution in [-0.2, 0) is 0 Å². The van der Waals surface area contributed by atoms with Crippen LogP contribution in [0.15, 0.2) is 12.0 Å². The van der Waals surface area contributed by atoms with Gasteiger partial charge >= 0.3 is 12.5 Å². The zero-order valence-electron chi connectivity index (χ0n) is 14.3. The van der Waals surface area contributed by atoms with Crippen LogP contribution in [-0.4, -0.2) is 46.3 Å². The summed E-state index contributed by atoms with van der Waals surface area (Å²) in [5.74, 6) is 4.02. The first-order valence-electron chi connectivity index (χ1n) is 7.60. The maximum Gasteiger partial charge on any atom is 0.356 e. The first kappa shape index (κ1) is 20.4. The molecule has 20 heavy (non-hydrogen) atoms. The molecule has 0 fully saturated rings. The Morgan fingerprint density at radius 3 is 0.950 bits per heavy atom. The molecule has 0 aromatic rings. The third kappa shape index (κ3) is 6.43. The fraction of sp³-hybridized carbons (Fsp3) is 0.857. The van der Waals surface area contributed by atoms with E-state index in [1.54, 1.807) is 0 Å². The van der Waals surface area contributed by atoms with Gasteiger partial charge in [0.1, 0.15) is 0 Å². The van der Waals surface area contributed by atoms with Crippen molar-refractivity contribution < 1.29 is 0 Å². The molecule has 0 aliphatic carbocycles. The molecule has 0 radical (unpaired) electrons. The molecule has 0 aliphatic rings. The van der Waals surface area contributed by atoms with Gasteiger partial charge in [-0.3, -0.25) is 0 Å². The molecule has 0 saturated heterocycles. The molecule has 0 N–H and O–H groups in total. The van der Waals surface area contributed by atoms with E-state index in [9.17, 15) is 0 Å². The van der Waals surface area contributed by atoms with Crippen LogP contribution in [0.4, 0.5) is 0 Å². The van der Waals surface area contributed by atoms with Crippen LogP contribution in [0.5, 0.6) is 0 Å². The van der Waals surface area contributed by atoms with Crippen molar-refractivity contribution in [3.8, 4) is 0 Å². The predicted octanol–water partition coefficient (Wildman–Crippen LogP) is 4.31. The second-order valence-electron chi connectivity index (χ2n) is 6.40. The third-order valence-corrected chi connectivity index (χ3v) is 4.13. The third-order valence-electron chi connectivity index (χ3n) is 3.38. The van der Waals surface area contributed by atoms with Crippen LogP contribution in [0.1, 0.15) is 55.4 Å². The standard InChI is InChI=1S/C14H30B2Cl2N2/c1-11(2)19(12(3)4)15(17)9-10-16(18)20(13(5)6)14(7)8/h9-14H,1-8H3/b10-9-. The van der Waals surface area contributed by atoms with Crippen molar-refractivity contribution in [2.24, 2.45) is 0 Å². The summed E-state index contributed by atoms with van der Waals surface area (Å²) in [7, 11) is 0. The summed E-state index contributed by atoms with van der Waals surface area (Å²) in [6.45, 7) is 17.3. The van der Waals surface area contributed by atoms with Gasteiger partial charge in [0, 0.05) is 0 Å². The second kappa shape index (κ2) is 9.40. The van der Waals surface area contributed by atoms with Gasteiger partial charge in [-0.2, -0.15) is 22.9 Å². The first-order chi connectivity index (χ1) is 9.09. The minimum atomic E-state index is -0.127. The molecule has 0 aliphatic heterocycles. The average Bonchev–Trinajstić information content (AvgIpc) is 2.23. The maximum absolute atomic E-state index is 6.51. The lowest BCUT2D eigenvalue weighted by atomic mass is 9.76. The molecule has 6 heteroatoms. The summed E-state index contributed by atoms with van der Waals surface area (Å²) >= 11 is 13.0. The van der Waals surface area contributed by atoms with E-state index < -0.39 is 0 Å². The normalized spacial score (nSPS) is 13.0. The van der Waals surface area contributed by atoms with Gasteiger partial charge in [-0.05, 0) is 24.2 Å². The van der Waals surface area contributed by atoms with E-state index in [2.05, 4.69) is 65.0 Å². The Balaban J connectivity index is 4.83. The molecule has 0 aromatic heterocycles. The average molecular weight is 319 g/mol. The van der Waals surface area contributed by atoms with Gasteiger partial charge in [0.15, 0.2) is 0 Å². The Morgan fingerprint density at radius 2 is 0.800 bits per heavy atom. The number of nitrogens with zero attached hydrogens (tertiary/aromatic N) is 2. The predicted molar refractivity (Wildman–Crippen MR) is 96.6 cm³/mol. The first-order valence-corrected chi connectivity index (χ1v) is 8.48. The van der Waals surface area contributed by atoms with Crippen LogP contribution >= 0.6 is 22.9 Å². The highest BCUT2D eigenvalue weighted by atomic mass is 35.5. The monoisotopic (exact) mass is 318 g/mol. The van der Waals surface area contributed by atoms with E-state index in [4.69, 9.17) is 22.9 Å². The van der Waals surface area contributed by atoms with E-state index in [0.717, 1.165) is 0 Å². The zero-order valence-corrected chi connectivity index (χ0v) is 15.8.